The van der Waals surface area contributed by atoms with Crippen molar-refractivity contribution in [2.24, 2.45) is 0 Å². The number of nitrogens with zero attached hydrogens (tertiary/aromatic N) is 4. The number of ether oxygens (including phenoxy) is 1. The summed E-state index contributed by atoms with van der Waals surface area (Å²) in [6, 6.07) is 10.8. The minimum absolute atomic E-state index is 0.110. The SMILES string of the molecule is CC(=O)Oc1nn(-c2ccccc2)c(=O)c2cc(C)nc(N3CCCCC3)c12. The molecule has 2 aromatic heterocycles. The van der Waals surface area contributed by atoms with Gasteiger partial charge >= 0.3 is 5.97 Å². The molecule has 1 aromatic carbocycles. The fourth-order valence-electron chi connectivity index (χ4n) is 3.62. The summed E-state index contributed by atoms with van der Waals surface area (Å²) < 4.78 is 6.72. The van der Waals surface area contributed by atoms with Crippen LogP contribution in [-0.4, -0.2) is 33.8 Å². The molecule has 3 heterocycles. The molecule has 3 aromatic rings. The molecule has 0 spiro atoms. The number of carbonyl (C=O) groups is 1. The topological polar surface area (TPSA) is 77.3 Å². The Morgan fingerprint density at radius 3 is 2.50 bits per heavy atom. The van der Waals surface area contributed by atoms with Crippen LogP contribution in [0.2, 0.25) is 0 Å². The summed E-state index contributed by atoms with van der Waals surface area (Å²) in [6.07, 6.45) is 3.30. The molecule has 1 aliphatic heterocycles. The molecule has 1 aliphatic rings. The van der Waals surface area contributed by atoms with Gasteiger partial charge in [-0.05, 0) is 44.4 Å². The van der Waals surface area contributed by atoms with Crippen molar-refractivity contribution in [2.75, 3.05) is 18.0 Å². The van der Waals surface area contributed by atoms with Crippen LogP contribution in [0.3, 0.4) is 0 Å². The second kappa shape index (κ2) is 7.42. The second-order valence-corrected chi connectivity index (χ2v) is 7.01. The van der Waals surface area contributed by atoms with Crippen LogP contribution >= 0.6 is 0 Å². The summed E-state index contributed by atoms with van der Waals surface area (Å²) in [5.41, 5.74) is 1.09. The maximum atomic E-state index is 13.3. The van der Waals surface area contributed by atoms with E-state index in [4.69, 9.17) is 4.74 Å². The van der Waals surface area contributed by atoms with Crippen LogP contribution in [0.25, 0.3) is 16.5 Å². The highest BCUT2D eigenvalue weighted by atomic mass is 16.5. The lowest BCUT2D eigenvalue weighted by Crippen LogP contribution is -2.31. The monoisotopic (exact) mass is 378 g/mol. The maximum Gasteiger partial charge on any atom is 0.309 e. The maximum absolute atomic E-state index is 13.3. The van der Waals surface area contributed by atoms with Gasteiger partial charge in [-0.2, -0.15) is 4.68 Å². The van der Waals surface area contributed by atoms with Gasteiger partial charge in [-0.3, -0.25) is 9.59 Å². The van der Waals surface area contributed by atoms with Gasteiger partial charge in [0.15, 0.2) is 0 Å². The smallest absolute Gasteiger partial charge is 0.309 e. The van der Waals surface area contributed by atoms with E-state index in [-0.39, 0.29) is 11.4 Å². The summed E-state index contributed by atoms with van der Waals surface area (Å²) in [6.45, 7) is 4.90. The van der Waals surface area contributed by atoms with E-state index in [1.54, 1.807) is 18.2 Å². The minimum Gasteiger partial charge on any atom is -0.405 e. The summed E-state index contributed by atoms with van der Waals surface area (Å²) in [4.78, 5) is 31.9. The molecular formula is C21H22N4O3. The summed E-state index contributed by atoms with van der Waals surface area (Å²) in [7, 11) is 0. The van der Waals surface area contributed by atoms with Crippen LogP contribution in [0.4, 0.5) is 5.82 Å². The fraction of sp³-hybridized carbons (Fsp3) is 0.333. The number of hydrogen-bond acceptors (Lipinski definition) is 6. The van der Waals surface area contributed by atoms with Gasteiger partial charge in [0.25, 0.3) is 11.4 Å². The Labute approximate surface area is 162 Å². The van der Waals surface area contributed by atoms with Gasteiger partial charge in [0.05, 0.1) is 16.5 Å². The quantitative estimate of drug-likeness (QED) is 0.652. The lowest BCUT2D eigenvalue weighted by atomic mass is 10.1. The molecule has 0 saturated carbocycles. The predicted molar refractivity (Wildman–Crippen MR) is 107 cm³/mol. The van der Waals surface area contributed by atoms with Crippen LogP contribution in [0.5, 0.6) is 5.88 Å². The molecule has 28 heavy (non-hydrogen) atoms. The standard InChI is InChI=1S/C21H22N4O3/c1-14-13-17-18(19(22-14)24-11-7-4-8-12-24)20(28-15(2)26)23-25(21(17)27)16-9-5-3-6-10-16/h3,5-6,9-10,13H,4,7-8,11-12H2,1-2H3. The predicted octanol–water partition coefficient (Wildman–Crippen LogP) is 3.00. The van der Waals surface area contributed by atoms with Crippen molar-refractivity contribution >= 4 is 22.6 Å². The van der Waals surface area contributed by atoms with Crippen LogP contribution in [-0.2, 0) is 4.79 Å². The van der Waals surface area contributed by atoms with E-state index in [1.807, 2.05) is 25.1 Å². The van der Waals surface area contributed by atoms with Gasteiger partial charge in [0, 0.05) is 25.7 Å². The van der Waals surface area contributed by atoms with Crippen molar-refractivity contribution < 1.29 is 9.53 Å². The average molecular weight is 378 g/mol. The Morgan fingerprint density at radius 1 is 1.11 bits per heavy atom. The zero-order valence-electron chi connectivity index (χ0n) is 16.0. The number of hydrogen-bond donors (Lipinski definition) is 0. The molecular weight excluding hydrogens is 356 g/mol. The molecule has 144 valence electrons. The Kier molecular flexibility index (Phi) is 4.81. The molecule has 0 aliphatic carbocycles. The van der Waals surface area contributed by atoms with Crippen LogP contribution in [0.15, 0.2) is 41.2 Å². The number of aryl methyl sites for hydroxylation is 1. The third kappa shape index (κ3) is 3.35. The number of aromatic nitrogens is 3. The lowest BCUT2D eigenvalue weighted by Gasteiger charge is -2.29. The molecule has 0 unspecified atom stereocenters. The van der Waals surface area contributed by atoms with Gasteiger partial charge in [0.1, 0.15) is 5.82 Å². The first-order chi connectivity index (χ1) is 13.5. The fourth-order valence-corrected chi connectivity index (χ4v) is 3.62. The highest BCUT2D eigenvalue weighted by molar-refractivity contribution is 5.97. The highest BCUT2D eigenvalue weighted by Crippen LogP contribution is 2.32. The summed E-state index contributed by atoms with van der Waals surface area (Å²) in [5, 5.41) is 5.34. The third-order valence-corrected chi connectivity index (χ3v) is 4.85. The van der Waals surface area contributed by atoms with Gasteiger partial charge in [-0.1, -0.05) is 18.2 Å². The lowest BCUT2D eigenvalue weighted by molar-refractivity contribution is -0.132. The van der Waals surface area contributed by atoms with E-state index in [9.17, 15) is 9.59 Å². The number of anilines is 1. The summed E-state index contributed by atoms with van der Waals surface area (Å²) >= 11 is 0. The largest absolute Gasteiger partial charge is 0.405 e. The molecule has 0 amide bonds. The number of benzene rings is 1. The summed E-state index contributed by atoms with van der Waals surface area (Å²) in [5.74, 6) is 0.284. The number of rotatable bonds is 3. The zero-order valence-corrected chi connectivity index (χ0v) is 16.0. The zero-order chi connectivity index (χ0) is 19.7. The van der Waals surface area contributed by atoms with Crippen molar-refractivity contribution in [1.29, 1.82) is 0 Å². The van der Waals surface area contributed by atoms with Crippen molar-refractivity contribution in [3.63, 3.8) is 0 Å². The molecule has 4 rings (SSSR count). The average Bonchev–Trinajstić information content (AvgIpc) is 2.70. The van der Waals surface area contributed by atoms with Gasteiger partial charge in [0.2, 0.25) is 0 Å². The van der Waals surface area contributed by atoms with E-state index < -0.39 is 5.97 Å². The first-order valence-corrected chi connectivity index (χ1v) is 9.48. The number of pyridine rings is 1. The van der Waals surface area contributed by atoms with E-state index in [2.05, 4.69) is 15.0 Å². The van der Waals surface area contributed by atoms with Gasteiger partial charge in [-0.25, -0.2) is 4.98 Å². The van der Waals surface area contributed by atoms with Crippen molar-refractivity contribution in [1.82, 2.24) is 14.8 Å². The molecule has 7 nitrogen and oxygen atoms in total. The van der Waals surface area contributed by atoms with Gasteiger partial charge in [-0.15, -0.1) is 5.10 Å². The first kappa shape index (κ1) is 18.2. The number of fused-ring (bicyclic) bond motifs is 1. The molecule has 1 fully saturated rings. The Morgan fingerprint density at radius 2 is 1.82 bits per heavy atom. The van der Waals surface area contributed by atoms with E-state index in [0.717, 1.165) is 31.6 Å². The van der Waals surface area contributed by atoms with Crippen molar-refractivity contribution in [3.05, 3.63) is 52.4 Å². The van der Waals surface area contributed by atoms with E-state index in [0.29, 0.717) is 22.3 Å². The highest BCUT2D eigenvalue weighted by Gasteiger charge is 2.23. The van der Waals surface area contributed by atoms with E-state index >= 15 is 0 Å². The molecule has 0 atom stereocenters. The molecule has 0 radical (unpaired) electrons. The second-order valence-electron chi connectivity index (χ2n) is 7.01. The van der Waals surface area contributed by atoms with E-state index in [1.165, 1.54) is 18.0 Å². The first-order valence-electron chi connectivity index (χ1n) is 9.48. The molecule has 7 heteroatoms. The van der Waals surface area contributed by atoms with Crippen LogP contribution in [0, 0.1) is 6.92 Å². The molecule has 0 N–H and O–H groups in total. The number of carbonyl (C=O) groups excluding carboxylic acids is 1. The van der Waals surface area contributed by atoms with Crippen molar-refractivity contribution in [3.8, 4) is 11.6 Å². The van der Waals surface area contributed by atoms with Crippen LogP contribution < -0.4 is 15.2 Å². The normalized spacial score (nSPS) is 14.3. The van der Waals surface area contributed by atoms with Crippen molar-refractivity contribution in [2.45, 2.75) is 33.1 Å². The molecule has 0 bridgehead atoms. The Balaban J connectivity index is 2.03. The third-order valence-electron chi connectivity index (χ3n) is 4.85. The Bertz CT molecular complexity index is 1090. The molecule has 1 saturated heterocycles. The number of piperidine rings is 1. The van der Waals surface area contributed by atoms with Gasteiger partial charge < -0.3 is 9.64 Å². The van der Waals surface area contributed by atoms with Crippen LogP contribution in [0.1, 0.15) is 31.9 Å². The number of para-hydroxylation sites is 1. The number of esters is 1. The minimum atomic E-state index is -0.489. The Hall–Kier alpha value is -3.22.